The Balaban J connectivity index is 2.40. The first kappa shape index (κ1) is 12.5. The number of hydrogen-bond acceptors (Lipinski definition) is 3. The van der Waals surface area contributed by atoms with E-state index in [-0.39, 0.29) is 6.04 Å². The summed E-state index contributed by atoms with van der Waals surface area (Å²) in [5.74, 6) is 0. The molecule has 0 amide bonds. The maximum Gasteiger partial charge on any atom is 0.108 e. The zero-order valence-electron chi connectivity index (χ0n) is 10.00. The minimum Gasteiger partial charge on any atom is -0.301 e. The minimum atomic E-state index is -0.00412. The monoisotopic (exact) mass is 209 g/mol. The van der Waals surface area contributed by atoms with Crippen LogP contribution in [-0.4, -0.2) is 36.6 Å². The number of nitrogens with zero attached hydrogens (tertiary/aromatic N) is 2. The van der Waals surface area contributed by atoms with Crippen LogP contribution in [0.4, 0.5) is 0 Å². The van der Waals surface area contributed by atoms with Crippen molar-refractivity contribution in [3.05, 3.63) is 0 Å². The lowest BCUT2D eigenvalue weighted by Crippen LogP contribution is -2.44. The normalized spacial score (nSPS) is 19.3. The molecule has 1 aliphatic rings. The lowest BCUT2D eigenvalue weighted by molar-refractivity contribution is 0.198. The van der Waals surface area contributed by atoms with E-state index in [0.29, 0.717) is 0 Å². The van der Waals surface area contributed by atoms with E-state index in [1.807, 2.05) is 0 Å². The molecule has 0 heterocycles. The quantitative estimate of drug-likeness (QED) is 0.724. The largest absolute Gasteiger partial charge is 0.301 e. The number of rotatable bonds is 6. The van der Waals surface area contributed by atoms with Crippen LogP contribution < -0.4 is 5.32 Å². The van der Waals surface area contributed by atoms with Crippen molar-refractivity contribution in [3.8, 4) is 6.07 Å². The highest BCUT2D eigenvalue weighted by Gasteiger charge is 2.23. The highest BCUT2D eigenvalue weighted by molar-refractivity contribution is 4.93. The molecular formula is C12H23N3. The number of nitrogens with one attached hydrogen (secondary N) is 1. The van der Waals surface area contributed by atoms with Crippen molar-refractivity contribution in [2.75, 3.05) is 19.6 Å². The molecule has 0 radical (unpaired) electrons. The van der Waals surface area contributed by atoms with Gasteiger partial charge in [-0.15, -0.1) is 0 Å². The van der Waals surface area contributed by atoms with Gasteiger partial charge in [0.05, 0.1) is 6.07 Å². The van der Waals surface area contributed by atoms with Gasteiger partial charge in [0, 0.05) is 12.6 Å². The van der Waals surface area contributed by atoms with Crippen LogP contribution in [0.15, 0.2) is 0 Å². The van der Waals surface area contributed by atoms with E-state index in [1.165, 1.54) is 25.7 Å². The topological polar surface area (TPSA) is 39.1 Å². The third-order valence-electron chi connectivity index (χ3n) is 3.27. The van der Waals surface area contributed by atoms with E-state index in [0.717, 1.165) is 25.7 Å². The van der Waals surface area contributed by atoms with Gasteiger partial charge in [-0.05, 0) is 25.9 Å². The Morgan fingerprint density at radius 3 is 2.53 bits per heavy atom. The van der Waals surface area contributed by atoms with Gasteiger partial charge in [0.25, 0.3) is 0 Å². The lowest BCUT2D eigenvalue weighted by atomic mass is 10.2. The van der Waals surface area contributed by atoms with Crippen LogP contribution in [0.5, 0.6) is 0 Å². The highest BCUT2D eigenvalue weighted by Crippen LogP contribution is 2.23. The van der Waals surface area contributed by atoms with Gasteiger partial charge >= 0.3 is 0 Å². The first-order valence-corrected chi connectivity index (χ1v) is 6.18. The van der Waals surface area contributed by atoms with E-state index in [9.17, 15) is 0 Å². The summed E-state index contributed by atoms with van der Waals surface area (Å²) in [6.45, 7) is 7.06. The average molecular weight is 209 g/mol. The Labute approximate surface area is 93.5 Å². The predicted octanol–water partition coefficient (Wildman–Crippen LogP) is 1.75. The molecule has 1 fully saturated rings. The standard InChI is InChI=1S/C12H23N3/c1-3-14-11(9-13)10-15(4-2)12-7-5-6-8-12/h11-12,14H,3-8,10H2,1-2H3. The van der Waals surface area contributed by atoms with Gasteiger partial charge in [0.15, 0.2) is 0 Å². The van der Waals surface area contributed by atoms with E-state index in [2.05, 4.69) is 30.1 Å². The Kier molecular flexibility index (Phi) is 5.67. The van der Waals surface area contributed by atoms with Gasteiger partial charge in [0.2, 0.25) is 0 Å². The molecule has 86 valence electrons. The van der Waals surface area contributed by atoms with Crippen molar-refractivity contribution >= 4 is 0 Å². The molecule has 0 spiro atoms. The molecule has 0 aliphatic heterocycles. The molecule has 1 saturated carbocycles. The summed E-state index contributed by atoms with van der Waals surface area (Å²) in [4.78, 5) is 2.46. The predicted molar refractivity (Wildman–Crippen MR) is 62.6 cm³/mol. The summed E-state index contributed by atoms with van der Waals surface area (Å²) in [6.07, 6.45) is 5.36. The molecule has 1 N–H and O–H groups in total. The van der Waals surface area contributed by atoms with Crippen molar-refractivity contribution in [1.29, 1.82) is 5.26 Å². The average Bonchev–Trinajstić information content (AvgIpc) is 2.77. The van der Waals surface area contributed by atoms with Crippen molar-refractivity contribution in [3.63, 3.8) is 0 Å². The van der Waals surface area contributed by atoms with Gasteiger partial charge in [-0.25, -0.2) is 0 Å². The van der Waals surface area contributed by atoms with Crippen LogP contribution in [-0.2, 0) is 0 Å². The first-order chi connectivity index (χ1) is 7.31. The summed E-state index contributed by atoms with van der Waals surface area (Å²) in [7, 11) is 0. The molecular weight excluding hydrogens is 186 g/mol. The Hall–Kier alpha value is -0.590. The molecule has 1 rings (SSSR count). The van der Waals surface area contributed by atoms with Gasteiger partial charge in [0.1, 0.15) is 6.04 Å². The SMILES string of the molecule is CCNC(C#N)CN(CC)C1CCCC1. The van der Waals surface area contributed by atoms with Gasteiger partial charge < -0.3 is 5.32 Å². The smallest absolute Gasteiger partial charge is 0.108 e. The fourth-order valence-corrected chi connectivity index (χ4v) is 2.44. The summed E-state index contributed by atoms with van der Waals surface area (Å²) in [6, 6.07) is 3.06. The number of likely N-dealkylation sites (N-methyl/N-ethyl adjacent to an activating group) is 2. The number of nitriles is 1. The second-order valence-corrected chi connectivity index (χ2v) is 4.27. The molecule has 1 aliphatic carbocycles. The van der Waals surface area contributed by atoms with Crippen molar-refractivity contribution in [2.45, 2.75) is 51.6 Å². The Morgan fingerprint density at radius 1 is 1.40 bits per heavy atom. The van der Waals surface area contributed by atoms with E-state index >= 15 is 0 Å². The van der Waals surface area contributed by atoms with Crippen LogP contribution in [0.2, 0.25) is 0 Å². The summed E-state index contributed by atoms with van der Waals surface area (Å²) in [5.41, 5.74) is 0. The molecule has 15 heavy (non-hydrogen) atoms. The second kappa shape index (κ2) is 6.81. The molecule has 3 heteroatoms. The van der Waals surface area contributed by atoms with Crippen LogP contribution >= 0.6 is 0 Å². The second-order valence-electron chi connectivity index (χ2n) is 4.27. The van der Waals surface area contributed by atoms with Crippen molar-refractivity contribution < 1.29 is 0 Å². The molecule has 0 aromatic rings. The molecule has 0 aromatic heterocycles. The van der Waals surface area contributed by atoms with Crippen LogP contribution in [0.3, 0.4) is 0 Å². The van der Waals surface area contributed by atoms with Crippen molar-refractivity contribution in [2.24, 2.45) is 0 Å². The van der Waals surface area contributed by atoms with Crippen LogP contribution in [0.1, 0.15) is 39.5 Å². The molecule has 0 aromatic carbocycles. The summed E-state index contributed by atoms with van der Waals surface area (Å²) in [5, 5.41) is 12.2. The van der Waals surface area contributed by atoms with E-state index < -0.39 is 0 Å². The Morgan fingerprint density at radius 2 is 2.07 bits per heavy atom. The summed E-state index contributed by atoms with van der Waals surface area (Å²) < 4.78 is 0. The summed E-state index contributed by atoms with van der Waals surface area (Å²) >= 11 is 0. The zero-order valence-corrected chi connectivity index (χ0v) is 10.00. The fourth-order valence-electron chi connectivity index (χ4n) is 2.44. The third kappa shape index (κ3) is 3.81. The molecule has 1 unspecified atom stereocenters. The molecule has 0 bridgehead atoms. The van der Waals surface area contributed by atoms with Gasteiger partial charge in [-0.2, -0.15) is 5.26 Å². The van der Waals surface area contributed by atoms with Crippen LogP contribution in [0.25, 0.3) is 0 Å². The zero-order chi connectivity index (χ0) is 11.1. The number of hydrogen-bond donors (Lipinski definition) is 1. The van der Waals surface area contributed by atoms with E-state index in [1.54, 1.807) is 0 Å². The maximum absolute atomic E-state index is 9.01. The molecule has 0 saturated heterocycles. The van der Waals surface area contributed by atoms with Crippen LogP contribution in [0, 0.1) is 11.3 Å². The third-order valence-corrected chi connectivity index (χ3v) is 3.27. The fraction of sp³-hybridized carbons (Fsp3) is 0.917. The molecule has 3 nitrogen and oxygen atoms in total. The van der Waals surface area contributed by atoms with Gasteiger partial charge in [-0.1, -0.05) is 26.7 Å². The Bertz CT molecular complexity index is 203. The van der Waals surface area contributed by atoms with Crippen molar-refractivity contribution in [1.82, 2.24) is 10.2 Å². The molecule has 1 atom stereocenters. The van der Waals surface area contributed by atoms with E-state index in [4.69, 9.17) is 5.26 Å². The van der Waals surface area contributed by atoms with Gasteiger partial charge in [-0.3, -0.25) is 4.90 Å². The lowest BCUT2D eigenvalue weighted by Gasteiger charge is -2.29. The minimum absolute atomic E-state index is 0.00412. The first-order valence-electron chi connectivity index (χ1n) is 6.18. The maximum atomic E-state index is 9.01. The highest BCUT2D eigenvalue weighted by atomic mass is 15.2.